The summed E-state index contributed by atoms with van der Waals surface area (Å²) in [6.07, 6.45) is -3.79. The molecule has 0 atom stereocenters. The highest BCUT2D eigenvalue weighted by molar-refractivity contribution is 7.99. The third kappa shape index (κ3) is 4.92. The Bertz CT molecular complexity index is 467. The molecule has 0 bridgehead atoms. The molecule has 1 aromatic carbocycles. The first kappa shape index (κ1) is 16.6. The lowest BCUT2D eigenvalue weighted by atomic mass is 10.1. The predicted molar refractivity (Wildman–Crippen MR) is 74.2 cm³/mol. The Morgan fingerprint density at radius 3 is 2.65 bits per heavy atom. The Morgan fingerprint density at radius 1 is 1.40 bits per heavy atom. The molecule has 1 aromatic rings. The highest BCUT2D eigenvalue weighted by Crippen LogP contribution is 2.34. The summed E-state index contributed by atoms with van der Waals surface area (Å²) < 4.78 is 37.5. The fourth-order valence-electron chi connectivity index (χ4n) is 1.55. The highest BCUT2D eigenvalue weighted by atomic mass is 32.2. The molecule has 112 valence electrons. The summed E-state index contributed by atoms with van der Waals surface area (Å²) in [6, 6.07) is 2.51. The lowest BCUT2D eigenvalue weighted by Crippen LogP contribution is -2.09. The van der Waals surface area contributed by atoms with E-state index in [9.17, 15) is 23.3 Å². The average Bonchev–Trinajstić information content (AvgIpc) is 2.37. The van der Waals surface area contributed by atoms with Crippen molar-refractivity contribution < 1.29 is 18.1 Å². The minimum Gasteiger partial charge on any atom is -0.379 e. The Morgan fingerprint density at radius 2 is 2.10 bits per heavy atom. The van der Waals surface area contributed by atoms with Gasteiger partial charge in [-0.15, -0.1) is 0 Å². The second-order valence-corrected chi connectivity index (χ2v) is 5.36. The van der Waals surface area contributed by atoms with Crippen LogP contribution in [0.1, 0.15) is 18.9 Å². The summed E-state index contributed by atoms with van der Waals surface area (Å²) >= 11 is 1.74. The molecule has 8 heteroatoms. The van der Waals surface area contributed by atoms with Gasteiger partial charge in [0, 0.05) is 12.6 Å². The first-order valence-corrected chi connectivity index (χ1v) is 7.19. The van der Waals surface area contributed by atoms with E-state index in [1.165, 1.54) is 0 Å². The summed E-state index contributed by atoms with van der Waals surface area (Å²) in [7, 11) is 0. The van der Waals surface area contributed by atoms with Crippen molar-refractivity contribution in [1.29, 1.82) is 0 Å². The van der Waals surface area contributed by atoms with Crippen molar-refractivity contribution in [3.63, 3.8) is 0 Å². The predicted octanol–water partition coefficient (Wildman–Crippen LogP) is 4.17. The van der Waals surface area contributed by atoms with Crippen molar-refractivity contribution in [3.8, 4) is 0 Å². The lowest BCUT2D eigenvalue weighted by molar-refractivity contribution is -0.384. The molecule has 4 nitrogen and oxygen atoms in total. The van der Waals surface area contributed by atoms with Gasteiger partial charge in [-0.2, -0.15) is 24.9 Å². The molecule has 0 aliphatic rings. The molecular formula is C12H15F3N2O2S. The van der Waals surface area contributed by atoms with Gasteiger partial charge in [-0.1, -0.05) is 6.92 Å². The minimum absolute atomic E-state index is 0.115. The van der Waals surface area contributed by atoms with E-state index in [2.05, 4.69) is 5.32 Å². The maximum Gasteiger partial charge on any atom is 0.416 e. The minimum atomic E-state index is -4.58. The maximum atomic E-state index is 12.5. The van der Waals surface area contributed by atoms with E-state index in [0.29, 0.717) is 12.6 Å². The standard InChI is InChI=1S/C12H15F3N2O2S/c1-2-20-7-3-6-16-10-5-4-9(12(13,14)15)8-11(10)17(18)19/h4-5,8,16H,2-3,6-7H2,1H3. The Kier molecular flexibility index (Phi) is 6.12. The van der Waals surface area contributed by atoms with Gasteiger partial charge in [-0.25, -0.2) is 0 Å². The quantitative estimate of drug-likeness (QED) is 0.466. The molecule has 20 heavy (non-hydrogen) atoms. The van der Waals surface area contributed by atoms with Crippen molar-refractivity contribution in [1.82, 2.24) is 0 Å². The molecule has 0 fully saturated rings. The number of nitrogens with one attached hydrogen (secondary N) is 1. The molecule has 0 spiro atoms. The van der Waals surface area contributed by atoms with Gasteiger partial charge in [0.25, 0.3) is 5.69 Å². The highest BCUT2D eigenvalue weighted by Gasteiger charge is 2.32. The van der Waals surface area contributed by atoms with Gasteiger partial charge in [0.05, 0.1) is 10.5 Å². The summed E-state index contributed by atoms with van der Waals surface area (Å²) in [5.74, 6) is 1.89. The van der Waals surface area contributed by atoms with Crippen LogP contribution in [0.3, 0.4) is 0 Å². The number of nitrogens with zero attached hydrogens (tertiary/aromatic N) is 1. The number of thioether (sulfide) groups is 1. The van der Waals surface area contributed by atoms with Gasteiger partial charge in [-0.05, 0) is 30.1 Å². The summed E-state index contributed by atoms with van der Waals surface area (Å²) in [4.78, 5) is 10.0. The van der Waals surface area contributed by atoms with Gasteiger partial charge < -0.3 is 5.32 Å². The zero-order valence-corrected chi connectivity index (χ0v) is 11.7. The SMILES string of the molecule is CCSCCCNc1ccc(C(F)(F)F)cc1[N+](=O)[O-]. The zero-order valence-electron chi connectivity index (χ0n) is 10.9. The van der Waals surface area contributed by atoms with Gasteiger partial charge in [0.15, 0.2) is 0 Å². The Hall–Kier alpha value is -1.44. The average molecular weight is 308 g/mol. The summed E-state index contributed by atoms with van der Waals surface area (Å²) in [6.45, 7) is 2.51. The number of nitro benzene ring substituents is 1. The van der Waals surface area contributed by atoms with Crippen LogP contribution in [0.2, 0.25) is 0 Å². The van der Waals surface area contributed by atoms with Crippen molar-refractivity contribution in [2.24, 2.45) is 0 Å². The molecule has 0 heterocycles. The van der Waals surface area contributed by atoms with Crippen LogP contribution in [0, 0.1) is 10.1 Å². The number of nitro groups is 1. The second kappa shape index (κ2) is 7.37. The van der Waals surface area contributed by atoms with E-state index in [4.69, 9.17) is 0 Å². The molecule has 0 unspecified atom stereocenters. The van der Waals surface area contributed by atoms with E-state index >= 15 is 0 Å². The molecule has 0 amide bonds. The van der Waals surface area contributed by atoms with Crippen LogP contribution in [-0.2, 0) is 6.18 Å². The number of hydrogen-bond acceptors (Lipinski definition) is 4. The number of benzene rings is 1. The van der Waals surface area contributed by atoms with Crippen molar-refractivity contribution in [2.75, 3.05) is 23.4 Å². The van der Waals surface area contributed by atoms with Crippen molar-refractivity contribution in [2.45, 2.75) is 19.5 Å². The normalized spacial score (nSPS) is 11.4. The third-order valence-electron chi connectivity index (χ3n) is 2.51. The Labute approximate surface area is 118 Å². The fourth-order valence-corrected chi connectivity index (χ4v) is 2.19. The molecule has 0 aliphatic heterocycles. The topological polar surface area (TPSA) is 55.2 Å². The van der Waals surface area contributed by atoms with Gasteiger partial charge in [0.2, 0.25) is 0 Å². The van der Waals surface area contributed by atoms with E-state index in [1.54, 1.807) is 11.8 Å². The molecule has 0 saturated carbocycles. The first-order valence-electron chi connectivity index (χ1n) is 6.03. The monoisotopic (exact) mass is 308 g/mol. The second-order valence-electron chi connectivity index (χ2n) is 3.96. The zero-order chi connectivity index (χ0) is 15.2. The number of anilines is 1. The summed E-state index contributed by atoms with van der Waals surface area (Å²) in [5.41, 5.74) is -1.45. The maximum absolute atomic E-state index is 12.5. The lowest BCUT2D eigenvalue weighted by Gasteiger charge is -2.10. The molecule has 1 N–H and O–H groups in total. The van der Waals surface area contributed by atoms with Crippen LogP contribution >= 0.6 is 11.8 Å². The Balaban J connectivity index is 2.78. The summed E-state index contributed by atoms with van der Waals surface area (Å²) in [5, 5.41) is 13.6. The number of rotatable bonds is 7. The third-order valence-corrected chi connectivity index (χ3v) is 3.49. The van der Waals surface area contributed by atoms with E-state index < -0.39 is 22.4 Å². The van der Waals surface area contributed by atoms with Crippen LogP contribution in [0.4, 0.5) is 24.5 Å². The van der Waals surface area contributed by atoms with E-state index in [-0.39, 0.29) is 5.69 Å². The van der Waals surface area contributed by atoms with Gasteiger partial charge >= 0.3 is 6.18 Å². The van der Waals surface area contributed by atoms with Crippen LogP contribution in [0.15, 0.2) is 18.2 Å². The van der Waals surface area contributed by atoms with Crippen molar-refractivity contribution in [3.05, 3.63) is 33.9 Å². The number of halogens is 3. The largest absolute Gasteiger partial charge is 0.416 e. The fraction of sp³-hybridized carbons (Fsp3) is 0.500. The van der Waals surface area contributed by atoms with Crippen LogP contribution < -0.4 is 5.32 Å². The van der Waals surface area contributed by atoms with E-state index in [0.717, 1.165) is 30.1 Å². The molecule has 0 radical (unpaired) electrons. The van der Waals surface area contributed by atoms with E-state index in [1.807, 2.05) is 6.92 Å². The smallest absolute Gasteiger partial charge is 0.379 e. The molecule has 1 rings (SSSR count). The van der Waals surface area contributed by atoms with Gasteiger partial charge in [-0.3, -0.25) is 10.1 Å². The van der Waals surface area contributed by atoms with Crippen LogP contribution in [0.25, 0.3) is 0 Å². The molecule has 0 saturated heterocycles. The van der Waals surface area contributed by atoms with Crippen LogP contribution in [-0.4, -0.2) is 23.0 Å². The van der Waals surface area contributed by atoms with Crippen LogP contribution in [0.5, 0.6) is 0 Å². The molecular weight excluding hydrogens is 293 g/mol. The number of hydrogen-bond donors (Lipinski definition) is 1. The molecule has 0 aliphatic carbocycles. The number of alkyl halides is 3. The molecule has 0 aromatic heterocycles. The van der Waals surface area contributed by atoms with Gasteiger partial charge in [0.1, 0.15) is 5.69 Å². The first-order chi connectivity index (χ1) is 9.36. The van der Waals surface area contributed by atoms with Crippen molar-refractivity contribution >= 4 is 23.1 Å².